The highest BCUT2D eigenvalue weighted by Gasteiger charge is 2.56. The Morgan fingerprint density at radius 1 is 1.05 bits per heavy atom. The van der Waals surface area contributed by atoms with Crippen LogP contribution in [0.15, 0.2) is 0 Å². The lowest BCUT2D eigenvalue weighted by Crippen LogP contribution is -2.39. The molecule has 2 aliphatic rings. The quantitative estimate of drug-likeness (QED) is 0.592. The maximum absolute atomic E-state index is 15.4. The summed E-state index contributed by atoms with van der Waals surface area (Å²) in [6.07, 6.45) is 7.20. The third-order valence-corrected chi connectivity index (χ3v) is 6.40. The van der Waals surface area contributed by atoms with Crippen molar-refractivity contribution in [3.8, 4) is 0 Å². The molecule has 2 atom stereocenters. The van der Waals surface area contributed by atoms with Gasteiger partial charge in [-0.2, -0.15) is 0 Å². The van der Waals surface area contributed by atoms with Crippen LogP contribution in [0.1, 0.15) is 86.5 Å². The van der Waals surface area contributed by atoms with Gasteiger partial charge < -0.3 is 4.74 Å². The second-order valence-corrected chi connectivity index (χ2v) is 8.85. The maximum Gasteiger partial charge on any atom is 0.116 e. The van der Waals surface area contributed by atoms with Crippen LogP contribution in [0.5, 0.6) is 0 Å². The summed E-state index contributed by atoms with van der Waals surface area (Å²) in [6.45, 7) is 12.9. The molecule has 0 aromatic carbocycles. The SMILES string of the molecule is CCCC(C)(C)OC1CC2CC(F)(C(C)(C)CC)CC2C1. The predicted molar refractivity (Wildman–Crippen MR) is 87.2 cm³/mol. The molecule has 0 aliphatic heterocycles. The summed E-state index contributed by atoms with van der Waals surface area (Å²) in [5, 5.41) is 0. The van der Waals surface area contributed by atoms with Crippen LogP contribution in [0.25, 0.3) is 0 Å². The van der Waals surface area contributed by atoms with Gasteiger partial charge >= 0.3 is 0 Å². The van der Waals surface area contributed by atoms with Crippen LogP contribution in [-0.4, -0.2) is 17.4 Å². The number of ether oxygens (including phenoxy) is 1. The number of hydrogen-bond acceptors (Lipinski definition) is 1. The Balaban J connectivity index is 1.93. The molecule has 0 heterocycles. The summed E-state index contributed by atoms with van der Waals surface area (Å²) in [7, 11) is 0. The lowest BCUT2D eigenvalue weighted by molar-refractivity contribution is -0.0799. The van der Waals surface area contributed by atoms with Crippen molar-refractivity contribution in [3.05, 3.63) is 0 Å². The fraction of sp³-hybridized carbons (Fsp3) is 1.00. The van der Waals surface area contributed by atoms with Crippen molar-refractivity contribution in [3.63, 3.8) is 0 Å². The summed E-state index contributed by atoms with van der Waals surface area (Å²) in [4.78, 5) is 0. The van der Waals surface area contributed by atoms with Gasteiger partial charge in [-0.25, -0.2) is 4.39 Å². The van der Waals surface area contributed by atoms with Crippen molar-refractivity contribution in [2.45, 2.75) is 104 Å². The van der Waals surface area contributed by atoms with E-state index in [1.54, 1.807) is 0 Å². The van der Waals surface area contributed by atoms with Gasteiger partial charge in [0, 0.05) is 0 Å². The number of alkyl halides is 1. The molecule has 2 heteroatoms. The molecule has 2 fully saturated rings. The Hall–Kier alpha value is -0.110. The molecule has 2 rings (SSSR count). The fourth-order valence-electron chi connectivity index (χ4n) is 4.65. The van der Waals surface area contributed by atoms with E-state index in [1.165, 1.54) is 0 Å². The zero-order valence-corrected chi connectivity index (χ0v) is 15.0. The molecule has 0 radical (unpaired) electrons. The molecule has 2 saturated carbocycles. The summed E-state index contributed by atoms with van der Waals surface area (Å²) in [5.74, 6) is 1.09. The third-order valence-electron chi connectivity index (χ3n) is 6.40. The highest BCUT2D eigenvalue weighted by molar-refractivity contribution is 5.06. The van der Waals surface area contributed by atoms with Crippen molar-refractivity contribution in [1.29, 1.82) is 0 Å². The summed E-state index contributed by atoms with van der Waals surface area (Å²) >= 11 is 0. The van der Waals surface area contributed by atoms with Gasteiger partial charge in [0.15, 0.2) is 0 Å². The largest absolute Gasteiger partial charge is 0.372 e. The lowest BCUT2D eigenvalue weighted by atomic mass is 9.72. The van der Waals surface area contributed by atoms with Crippen LogP contribution < -0.4 is 0 Å². The van der Waals surface area contributed by atoms with Crippen molar-refractivity contribution in [1.82, 2.24) is 0 Å². The van der Waals surface area contributed by atoms with Gasteiger partial charge in [-0.15, -0.1) is 0 Å². The lowest BCUT2D eigenvalue weighted by Gasteiger charge is -2.38. The van der Waals surface area contributed by atoms with Gasteiger partial charge in [0.1, 0.15) is 5.67 Å². The zero-order valence-electron chi connectivity index (χ0n) is 15.0. The molecular formula is C19H35FO. The molecule has 0 saturated heterocycles. The highest BCUT2D eigenvalue weighted by Crippen LogP contribution is 2.58. The van der Waals surface area contributed by atoms with Gasteiger partial charge in [-0.05, 0) is 69.6 Å². The molecule has 0 bridgehead atoms. The van der Waals surface area contributed by atoms with Gasteiger partial charge in [-0.3, -0.25) is 0 Å². The summed E-state index contributed by atoms with van der Waals surface area (Å²) in [6, 6.07) is 0. The molecule has 2 unspecified atom stereocenters. The molecule has 0 N–H and O–H groups in total. The first-order valence-corrected chi connectivity index (χ1v) is 8.99. The maximum atomic E-state index is 15.4. The van der Waals surface area contributed by atoms with E-state index >= 15 is 4.39 Å². The Labute approximate surface area is 131 Å². The van der Waals surface area contributed by atoms with Gasteiger partial charge in [0.05, 0.1) is 11.7 Å². The van der Waals surface area contributed by atoms with Crippen molar-refractivity contribution in [2.24, 2.45) is 17.3 Å². The van der Waals surface area contributed by atoms with E-state index in [0.717, 1.165) is 44.9 Å². The number of hydrogen-bond donors (Lipinski definition) is 0. The minimum absolute atomic E-state index is 0.0203. The van der Waals surface area contributed by atoms with Gasteiger partial charge in [0.25, 0.3) is 0 Å². The van der Waals surface area contributed by atoms with E-state index in [-0.39, 0.29) is 11.0 Å². The van der Waals surface area contributed by atoms with E-state index in [2.05, 4.69) is 41.5 Å². The van der Waals surface area contributed by atoms with Gasteiger partial charge in [0.2, 0.25) is 0 Å². The summed E-state index contributed by atoms with van der Waals surface area (Å²) in [5.41, 5.74) is -1.16. The average molecular weight is 298 g/mol. The topological polar surface area (TPSA) is 9.23 Å². The number of fused-ring (bicyclic) bond motifs is 1. The first-order valence-electron chi connectivity index (χ1n) is 8.99. The minimum Gasteiger partial charge on any atom is -0.372 e. The molecule has 0 spiro atoms. The number of rotatable bonds is 6. The van der Waals surface area contributed by atoms with E-state index in [0.29, 0.717) is 17.9 Å². The molecule has 0 aromatic heterocycles. The van der Waals surface area contributed by atoms with Gasteiger partial charge in [-0.1, -0.05) is 34.1 Å². The molecule has 124 valence electrons. The molecule has 0 amide bonds. The normalized spacial score (nSPS) is 37.0. The molecule has 21 heavy (non-hydrogen) atoms. The van der Waals surface area contributed by atoms with Crippen LogP contribution in [0.2, 0.25) is 0 Å². The fourth-order valence-corrected chi connectivity index (χ4v) is 4.65. The second-order valence-electron chi connectivity index (χ2n) is 8.85. The van der Waals surface area contributed by atoms with Crippen LogP contribution in [0, 0.1) is 17.3 Å². The average Bonchev–Trinajstić information content (AvgIpc) is 2.83. The van der Waals surface area contributed by atoms with E-state index in [1.807, 2.05) is 0 Å². The second kappa shape index (κ2) is 5.83. The third kappa shape index (κ3) is 3.46. The first-order chi connectivity index (χ1) is 9.62. The molecule has 1 nitrogen and oxygen atoms in total. The van der Waals surface area contributed by atoms with E-state index < -0.39 is 5.67 Å². The van der Waals surface area contributed by atoms with Crippen molar-refractivity contribution >= 4 is 0 Å². The predicted octanol–water partition coefficient (Wildman–Crippen LogP) is 5.91. The Morgan fingerprint density at radius 2 is 1.57 bits per heavy atom. The first kappa shape index (κ1) is 17.2. The number of halogens is 1. The smallest absolute Gasteiger partial charge is 0.116 e. The van der Waals surface area contributed by atoms with E-state index in [9.17, 15) is 0 Å². The zero-order chi connectivity index (χ0) is 15.9. The van der Waals surface area contributed by atoms with Crippen LogP contribution in [0.3, 0.4) is 0 Å². The van der Waals surface area contributed by atoms with Crippen molar-refractivity contribution in [2.75, 3.05) is 0 Å². The van der Waals surface area contributed by atoms with Crippen molar-refractivity contribution < 1.29 is 9.13 Å². The van der Waals surface area contributed by atoms with Crippen LogP contribution in [-0.2, 0) is 4.74 Å². The standard InChI is InChI=1S/C19H35FO/c1-7-9-18(5,6)21-16-10-14-12-19(20,13-15(14)11-16)17(3,4)8-2/h14-16H,7-13H2,1-6H3. The highest BCUT2D eigenvalue weighted by atomic mass is 19.1. The van der Waals surface area contributed by atoms with Crippen LogP contribution in [0.4, 0.5) is 4.39 Å². The monoisotopic (exact) mass is 298 g/mol. The Morgan fingerprint density at radius 3 is 2.00 bits per heavy atom. The molecular weight excluding hydrogens is 263 g/mol. The molecule has 0 aromatic rings. The summed E-state index contributed by atoms with van der Waals surface area (Å²) < 4.78 is 21.7. The Bertz CT molecular complexity index is 347. The van der Waals surface area contributed by atoms with Crippen LogP contribution >= 0.6 is 0 Å². The minimum atomic E-state index is -0.957. The van der Waals surface area contributed by atoms with E-state index in [4.69, 9.17) is 4.74 Å². The molecule has 2 aliphatic carbocycles. The Kier molecular flexibility index (Phi) is 4.79.